The number of ether oxygens (including phenoxy) is 1. The molecular weight excluding hydrogens is 258 g/mol. The van der Waals surface area contributed by atoms with Crippen LogP contribution in [0, 0.1) is 0 Å². The van der Waals surface area contributed by atoms with Gasteiger partial charge in [0.1, 0.15) is 11.6 Å². The Morgan fingerprint density at radius 2 is 2.25 bits per heavy atom. The van der Waals surface area contributed by atoms with E-state index in [9.17, 15) is 4.79 Å². The predicted octanol–water partition coefficient (Wildman–Crippen LogP) is 1.94. The third-order valence-corrected chi connectivity index (χ3v) is 3.20. The summed E-state index contributed by atoms with van der Waals surface area (Å²) in [7, 11) is 0. The first-order valence-electron chi connectivity index (χ1n) is 7.17. The molecule has 1 aliphatic rings. The Labute approximate surface area is 119 Å². The third-order valence-electron chi connectivity index (χ3n) is 3.20. The fourth-order valence-electron chi connectivity index (χ4n) is 2.33. The Hall–Kier alpha value is -1.43. The quantitative estimate of drug-likeness (QED) is 0.786. The molecule has 1 atom stereocenters. The van der Waals surface area contributed by atoms with Crippen LogP contribution in [0.1, 0.15) is 52.3 Å². The van der Waals surface area contributed by atoms with Gasteiger partial charge in [-0.2, -0.15) is 4.98 Å². The zero-order valence-electron chi connectivity index (χ0n) is 12.7. The molecule has 6 heteroatoms. The van der Waals surface area contributed by atoms with Crippen molar-refractivity contribution in [2.75, 3.05) is 6.54 Å². The molecule has 1 aliphatic heterocycles. The molecule has 1 aromatic heterocycles. The van der Waals surface area contributed by atoms with E-state index in [-0.39, 0.29) is 12.0 Å². The van der Waals surface area contributed by atoms with Gasteiger partial charge in [-0.15, -0.1) is 0 Å². The van der Waals surface area contributed by atoms with E-state index >= 15 is 0 Å². The summed E-state index contributed by atoms with van der Waals surface area (Å²) in [6.45, 7) is 9.02. The molecule has 0 radical (unpaired) electrons. The average molecular weight is 281 g/mol. The van der Waals surface area contributed by atoms with Gasteiger partial charge >= 0.3 is 5.97 Å². The topological polar surface area (TPSA) is 68.5 Å². The summed E-state index contributed by atoms with van der Waals surface area (Å²) >= 11 is 0. The van der Waals surface area contributed by atoms with Gasteiger partial charge in [-0.3, -0.25) is 9.69 Å². The van der Waals surface area contributed by atoms with Crippen molar-refractivity contribution >= 4 is 5.97 Å². The minimum atomic E-state index is -0.452. The number of nitrogens with zero attached hydrogens (tertiary/aromatic N) is 3. The van der Waals surface area contributed by atoms with E-state index in [0.29, 0.717) is 18.3 Å². The molecule has 2 heterocycles. The molecule has 112 valence electrons. The fourth-order valence-corrected chi connectivity index (χ4v) is 2.33. The number of carbonyl (C=O) groups excluding carboxylic acids is 1. The van der Waals surface area contributed by atoms with Crippen LogP contribution in [0.5, 0.6) is 0 Å². The minimum Gasteiger partial charge on any atom is -0.459 e. The van der Waals surface area contributed by atoms with E-state index in [0.717, 1.165) is 25.8 Å². The fraction of sp³-hybridized carbons (Fsp3) is 0.786. The van der Waals surface area contributed by atoms with Crippen molar-refractivity contribution in [1.82, 2.24) is 15.0 Å². The lowest BCUT2D eigenvalue weighted by Crippen LogP contribution is -2.40. The lowest BCUT2D eigenvalue weighted by molar-refractivity contribution is -0.160. The SMILES string of the molecule is CCc1nc(CN2CCC[C@@H]2C(=O)OC(C)(C)C)no1. The molecule has 0 saturated carbocycles. The number of hydrogen-bond acceptors (Lipinski definition) is 6. The molecule has 0 bridgehead atoms. The third kappa shape index (κ3) is 3.79. The van der Waals surface area contributed by atoms with Crippen molar-refractivity contribution in [2.45, 2.75) is 65.1 Å². The highest BCUT2D eigenvalue weighted by atomic mass is 16.6. The molecule has 0 aromatic carbocycles. The zero-order valence-corrected chi connectivity index (χ0v) is 12.7. The maximum Gasteiger partial charge on any atom is 0.323 e. The van der Waals surface area contributed by atoms with Gasteiger partial charge in [0.2, 0.25) is 5.89 Å². The van der Waals surface area contributed by atoms with Crippen LogP contribution in [0.3, 0.4) is 0 Å². The smallest absolute Gasteiger partial charge is 0.323 e. The maximum absolute atomic E-state index is 12.2. The number of aromatic nitrogens is 2. The van der Waals surface area contributed by atoms with Gasteiger partial charge in [0.25, 0.3) is 0 Å². The average Bonchev–Trinajstić information content (AvgIpc) is 2.96. The van der Waals surface area contributed by atoms with Crippen molar-refractivity contribution < 1.29 is 14.1 Å². The van der Waals surface area contributed by atoms with E-state index in [4.69, 9.17) is 9.26 Å². The second-order valence-electron chi connectivity index (χ2n) is 6.12. The van der Waals surface area contributed by atoms with Gasteiger partial charge in [-0.1, -0.05) is 12.1 Å². The van der Waals surface area contributed by atoms with Crippen LogP contribution in [0.15, 0.2) is 4.52 Å². The number of aryl methyl sites for hydroxylation is 1. The normalized spacial score (nSPS) is 20.3. The van der Waals surface area contributed by atoms with Crippen molar-refractivity contribution in [1.29, 1.82) is 0 Å². The molecule has 0 unspecified atom stereocenters. The van der Waals surface area contributed by atoms with E-state index in [1.807, 2.05) is 27.7 Å². The van der Waals surface area contributed by atoms with Crippen molar-refractivity contribution in [3.63, 3.8) is 0 Å². The molecule has 1 aromatic rings. The van der Waals surface area contributed by atoms with Crippen LogP contribution < -0.4 is 0 Å². The number of rotatable bonds is 4. The molecule has 20 heavy (non-hydrogen) atoms. The molecule has 0 amide bonds. The summed E-state index contributed by atoms with van der Waals surface area (Å²) in [5.41, 5.74) is -0.452. The Morgan fingerprint density at radius 1 is 1.50 bits per heavy atom. The van der Waals surface area contributed by atoms with E-state index in [1.165, 1.54) is 0 Å². The van der Waals surface area contributed by atoms with E-state index in [1.54, 1.807) is 0 Å². The van der Waals surface area contributed by atoms with Crippen molar-refractivity contribution in [3.05, 3.63) is 11.7 Å². The number of esters is 1. The van der Waals surface area contributed by atoms with Gasteiger partial charge in [0.05, 0.1) is 6.54 Å². The zero-order chi connectivity index (χ0) is 14.8. The number of hydrogen-bond donors (Lipinski definition) is 0. The molecule has 6 nitrogen and oxygen atoms in total. The highest BCUT2D eigenvalue weighted by Crippen LogP contribution is 2.22. The van der Waals surface area contributed by atoms with Gasteiger partial charge in [0, 0.05) is 6.42 Å². The minimum absolute atomic E-state index is 0.158. The van der Waals surface area contributed by atoms with Crippen LogP contribution in [-0.4, -0.2) is 39.2 Å². The summed E-state index contributed by atoms with van der Waals surface area (Å²) in [5.74, 6) is 1.11. The Morgan fingerprint density at radius 3 is 2.85 bits per heavy atom. The largest absolute Gasteiger partial charge is 0.459 e. The molecular formula is C14H23N3O3. The first kappa shape index (κ1) is 15.0. The maximum atomic E-state index is 12.2. The second kappa shape index (κ2) is 5.91. The van der Waals surface area contributed by atoms with Crippen molar-refractivity contribution in [3.8, 4) is 0 Å². The lowest BCUT2D eigenvalue weighted by Gasteiger charge is -2.26. The summed E-state index contributed by atoms with van der Waals surface area (Å²) in [6.07, 6.45) is 2.54. The van der Waals surface area contributed by atoms with Crippen LogP contribution in [0.2, 0.25) is 0 Å². The van der Waals surface area contributed by atoms with Gasteiger partial charge in [-0.05, 0) is 40.2 Å². The highest BCUT2D eigenvalue weighted by Gasteiger charge is 2.34. The monoisotopic (exact) mass is 281 g/mol. The second-order valence-corrected chi connectivity index (χ2v) is 6.12. The van der Waals surface area contributed by atoms with Gasteiger partial charge in [-0.25, -0.2) is 0 Å². The van der Waals surface area contributed by atoms with Gasteiger partial charge in [0.15, 0.2) is 5.82 Å². The molecule has 2 rings (SSSR count). The number of carbonyl (C=O) groups is 1. The van der Waals surface area contributed by atoms with Crippen LogP contribution in [-0.2, 0) is 22.5 Å². The summed E-state index contributed by atoms with van der Waals surface area (Å²) in [5, 5.41) is 3.94. The summed E-state index contributed by atoms with van der Waals surface area (Å²) in [6, 6.07) is -0.196. The first-order chi connectivity index (χ1) is 9.39. The Balaban J connectivity index is 1.98. The summed E-state index contributed by atoms with van der Waals surface area (Å²) in [4.78, 5) is 18.6. The van der Waals surface area contributed by atoms with Gasteiger partial charge < -0.3 is 9.26 Å². The lowest BCUT2D eigenvalue weighted by atomic mass is 10.1. The molecule has 1 fully saturated rings. The molecule has 1 saturated heterocycles. The van der Waals surface area contributed by atoms with Crippen LogP contribution >= 0.6 is 0 Å². The first-order valence-corrected chi connectivity index (χ1v) is 7.17. The van der Waals surface area contributed by atoms with Crippen LogP contribution in [0.25, 0.3) is 0 Å². The molecule has 0 aliphatic carbocycles. The van der Waals surface area contributed by atoms with Crippen molar-refractivity contribution in [2.24, 2.45) is 0 Å². The van der Waals surface area contributed by atoms with E-state index < -0.39 is 5.60 Å². The number of likely N-dealkylation sites (tertiary alicyclic amines) is 1. The Kier molecular flexibility index (Phi) is 4.42. The molecule has 0 N–H and O–H groups in total. The molecule has 0 spiro atoms. The standard InChI is InChI=1S/C14H23N3O3/c1-5-12-15-11(16-20-12)9-17-8-6-7-10(17)13(18)19-14(2,3)4/h10H,5-9H2,1-4H3/t10-/m1/s1. The van der Waals surface area contributed by atoms with E-state index in [2.05, 4.69) is 15.0 Å². The predicted molar refractivity (Wildman–Crippen MR) is 73.0 cm³/mol. The Bertz CT molecular complexity index is 464. The summed E-state index contributed by atoms with van der Waals surface area (Å²) < 4.78 is 10.6. The van der Waals surface area contributed by atoms with Crippen LogP contribution in [0.4, 0.5) is 0 Å². The highest BCUT2D eigenvalue weighted by molar-refractivity contribution is 5.76.